The van der Waals surface area contributed by atoms with Crippen LogP contribution in [0.15, 0.2) is 47.4 Å². The van der Waals surface area contributed by atoms with Crippen LogP contribution < -0.4 is 4.90 Å². The van der Waals surface area contributed by atoms with Crippen molar-refractivity contribution in [2.45, 2.75) is 24.3 Å². The molecule has 0 bridgehead atoms. The van der Waals surface area contributed by atoms with Crippen LogP contribution in [0.2, 0.25) is 5.02 Å². The number of rotatable bonds is 4. The Morgan fingerprint density at radius 3 is 2.65 bits per heavy atom. The Labute approximate surface area is 157 Å². The van der Waals surface area contributed by atoms with E-state index in [0.29, 0.717) is 4.47 Å². The lowest BCUT2D eigenvalue weighted by atomic mass is 10.1. The third kappa shape index (κ3) is 3.12. The van der Waals surface area contributed by atoms with Gasteiger partial charge in [-0.1, -0.05) is 34.3 Å². The fourth-order valence-corrected chi connectivity index (χ4v) is 4.56. The van der Waals surface area contributed by atoms with Crippen LogP contribution in [0, 0.1) is 0 Å². The van der Waals surface area contributed by atoms with Gasteiger partial charge in [0.05, 0.1) is 12.1 Å². The summed E-state index contributed by atoms with van der Waals surface area (Å²) >= 11 is 6.07. The Morgan fingerprint density at radius 1 is 1.27 bits per heavy atom. The van der Waals surface area contributed by atoms with E-state index < -0.39 is 10.0 Å². The normalized spacial score (nSPS) is 16.8. The molecule has 0 unspecified atom stereocenters. The summed E-state index contributed by atoms with van der Waals surface area (Å²) in [7, 11) is -1.46. The number of hydrogen-bond donors (Lipinski definition) is 0. The van der Waals surface area contributed by atoms with Gasteiger partial charge >= 0.3 is 0 Å². The zero-order valence-corrected chi connectivity index (χ0v) is 16.2. The maximum absolute atomic E-state index is 13.1. The molecule has 138 valence electrons. The van der Waals surface area contributed by atoms with Crippen molar-refractivity contribution in [1.82, 2.24) is 4.47 Å². The van der Waals surface area contributed by atoms with Gasteiger partial charge in [0, 0.05) is 24.3 Å². The molecule has 0 spiro atoms. The van der Waals surface area contributed by atoms with Crippen molar-refractivity contribution < 1.29 is 18.0 Å². The van der Waals surface area contributed by atoms with E-state index in [1.165, 1.54) is 32.4 Å². The molecule has 0 N–H and O–H groups in total. The topological polar surface area (TPSA) is 66.9 Å². The number of sulfonamides is 1. The Bertz CT molecular complexity index is 961. The third-order valence-corrected chi connectivity index (χ3v) is 6.64. The van der Waals surface area contributed by atoms with E-state index in [1.54, 1.807) is 4.90 Å². The molecule has 1 atom stereocenters. The number of nitrogens with zero attached hydrogens (tertiary/aromatic N) is 2. The van der Waals surface area contributed by atoms with Crippen molar-refractivity contribution in [3.63, 3.8) is 0 Å². The number of benzene rings is 2. The highest BCUT2D eigenvalue weighted by molar-refractivity contribution is 7.89. The number of amides is 1. The van der Waals surface area contributed by atoms with Crippen LogP contribution in [0.25, 0.3) is 0 Å². The molecule has 1 heterocycles. The highest BCUT2D eigenvalue weighted by Gasteiger charge is 2.32. The standard InChI is InChI=1S/C18H19ClN2O4S/c1-12-10-13-6-4-5-7-16(13)21(12)18(22)14-8-9-15(19)17(11-14)26(23,24)20(2)25-3/h4-9,11-12H,10H2,1-3H3/t12-/m1/s1. The Kier molecular flexibility index (Phi) is 5.07. The quantitative estimate of drug-likeness (QED) is 0.747. The lowest BCUT2D eigenvalue weighted by Crippen LogP contribution is -2.36. The second-order valence-electron chi connectivity index (χ2n) is 6.10. The summed E-state index contributed by atoms with van der Waals surface area (Å²) in [6.45, 7) is 1.96. The van der Waals surface area contributed by atoms with Gasteiger partial charge in [-0.25, -0.2) is 8.42 Å². The number of hydroxylamine groups is 1. The summed E-state index contributed by atoms with van der Waals surface area (Å²) in [5.74, 6) is -0.268. The predicted molar refractivity (Wildman–Crippen MR) is 99.8 cm³/mol. The first-order valence-corrected chi connectivity index (χ1v) is 9.83. The summed E-state index contributed by atoms with van der Waals surface area (Å²) in [6.07, 6.45) is 0.757. The Hall–Kier alpha value is -1.93. The van der Waals surface area contributed by atoms with E-state index in [-0.39, 0.29) is 27.4 Å². The van der Waals surface area contributed by atoms with Crippen LogP contribution in [0.4, 0.5) is 5.69 Å². The largest absolute Gasteiger partial charge is 0.305 e. The summed E-state index contributed by atoms with van der Waals surface area (Å²) in [5, 5.41) is 0.0281. The van der Waals surface area contributed by atoms with E-state index in [1.807, 2.05) is 31.2 Å². The van der Waals surface area contributed by atoms with Gasteiger partial charge in [0.15, 0.2) is 0 Å². The van der Waals surface area contributed by atoms with Crippen molar-refractivity contribution in [2.75, 3.05) is 19.1 Å². The molecule has 0 fully saturated rings. The zero-order valence-electron chi connectivity index (χ0n) is 14.6. The van der Waals surface area contributed by atoms with Crippen LogP contribution >= 0.6 is 11.6 Å². The molecule has 6 nitrogen and oxygen atoms in total. The number of para-hydroxylation sites is 1. The SMILES string of the molecule is CON(C)S(=O)(=O)c1cc(C(=O)N2c3ccccc3C[C@H]2C)ccc1Cl. The first kappa shape index (κ1) is 18.8. The van der Waals surface area contributed by atoms with Crippen molar-refractivity contribution >= 4 is 33.2 Å². The highest BCUT2D eigenvalue weighted by Crippen LogP contribution is 2.34. The molecule has 1 aliphatic heterocycles. The summed E-state index contributed by atoms with van der Waals surface area (Å²) in [5.41, 5.74) is 2.19. The molecule has 26 heavy (non-hydrogen) atoms. The van der Waals surface area contributed by atoms with E-state index >= 15 is 0 Å². The van der Waals surface area contributed by atoms with Gasteiger partial charge < -0.3 is 4.90 Å². The molecular weight excluding hydrogens is 376 g/mol. The maximum atomic E-state index is 13.1. The average Bonchev–Trinajstić information content (AvgIpc) is 2.96. The third-order valence-electron chi connectivity index (χ3n) is 4.48. The second-order valence-corrected chi connectivity index (χ2v) is 8.41. The van der Waals surface area contributed by atoms with E-state index in [4.69, 9.17) is 16.4 Å². The first-order chi connectivity index (χ1) is 12.3. The number of halogens is 1. The van der Waals surface area contributed by atoms with Crippen molar-refractivity contribution in [2.24, 2.45) is 0 Å². The fourth-order valence-electron chi connectivity index (χ4n) is 3.08. The minimum atomic E-state index is -3.96. The molecule has 0 radical (unpaired) electrons. The lowest BCUT2D eigenvalue weighted by Gasteiger charge is -2.23. The molecule has 0 aromatic heterocycles. The fraction of sp³-hybridized carbons (Fsp3) is 0.278. The van der Waals surface area contributed by atoms with Crippen LogP contribution in [0.1, 0.15) is 22.8 Å². The van der Waals surface area contributed by atoms with E-state index in [2.05, 4.69) is 0 Å². The zero-order chi connectivity index (χ0) is 19.1. The number of hydrogen-bond acceptors (Lipinski definition) is 4. The van der Waals surface area contributed by atoms with Gasteiger partial charge in [-0.2, -0.15) is 0 Å². The smallest absolute Gasteiger partial charge is 0.266 e. The van der Waals surface area contributed by atoms with Gasteiger partial charge in [0.25, 0.3) is 15.9 Å². The number of anilines is 1. The summed E-state index contributed by atoms with van der Waals surface area (Å²) < 4.78 is 25.8. The van der Waals surface area contributed by atoms with Gasteiger partial charge in [-0.05, 0) is 43.2 Å². The molecule has 0 aliphatic carbocycles. The summed E-state index contributed by atoms with van der Waals surface area (Å²) in [6, 6.07) is 11.9. The molecule has 1 amide bonds. The maximum Gasteiger partial charge on any atom is 0.266 e. The van der Waals surface area contributed by atoms with Gasteiger partial charge in [-0.15, -0.1) is 0 Å². The van der Waals surface area contributed by atoms with Crippen LogP contribution in [-0.2, 0) is 21.3 Å². The average molecular weight is 395 g/mol. The van der Waals surface area contributed by atoms with Crippen LogP contribution in [0.5, 0.6) is 0 Å². The monoisotopic (exact) mass is 394 g/mol. The molecule has 3 rings (SSSR count). The second kappa shape index (κ2) is 7.00. The molecular formula is C18H19ClN2O4S. The van der Waals surface area contributed by atoms with Gasteiger partial charge in [-0.3, -0.25) is 9.63 Å². The van der Waals surface area contributed by atoms with Crippen molar-refractivity contribution in [3.8, 4) is 0 Å². The molecule has 2 aromatic rings. The highest BCUT2D eigenvalue weighted by atomic mass is 35.5. The van der Waals surface area contributed by atoms with Gasteiger partial charge in [0.1, 0.15) is 4.90 Å². The minimum absolute atomic E-state index is 0.0164. The minimum Gasteiger partial charge on any atom is -0.305 e. The number of carbonyl (C=O) groups excluding carboxylic acids is 1. The Morgan fingerprint density at radius 2 is 1.96 bits per heavy atom. The number of fused-ring (bicyclic) bond motifs is 1. The van der Waals surface area contributed by atoms with Crippen LogP contribution in [-0.4, -0.2) is 39.0 Å². The van der Waals surface area contributed by atoms with E-state index in [0.717, 1.165) is 17.7 Å². The van der Waals surface area contributed by atoms with Crippen LogP contribution in [0.3, 0.4) is 0 Å². The van der Waals surface area contributed by atoms with Crippen molar-refractivity contribution in [1.29, 1.82) is 0 Å². The molecule has 1 aliphatic rings. The van der Waals surface area contributed by atoms with E-state index in [9.17, 15) is 13.2 Å². The lowest BCUT2D eigenvalue weighted by molar-refractivity contribution is -0.0258. The summed E-state index contributed by atoms with van der Waals surface area (Å²) in [4.78, 5) is 19.4. The molecule has 8 heteroatoms. The van der Waals surface area contributed by atoms with Crippen molar-refractivity contribution in [3.05, 3.63) is 58.6 Å². The Balaban J connectivity index is 2.04. The molecule has 0 saturated heterocycles. The predicted octanol–water partition coefficient (Wildman–Crippen LogP) is 3.11. The molecule has 0 saturated carbocycles. The number of carbonyl (C=O) groups is 1. The first-order valence-electron chi connectivity index (χ1n) is 8.01. The van der Waals surface area contributed by atoms with Gasteiger partial charge in [0.2, 0.25) is 0 Å². The molecule has 2 aromatic carbocycles.